The molecule has 0 fully saturated rings. The van der Waals surface area contributed by atoms with Crippen LogP contribution in [0, 0.1) is 19.9 Å². The summed E-state index contributed by atoms with van der Waals surface area (Å²) in [5.41, 5.74) is 1.84. The van der Waals surface area contributed by atoms with Crippen LogP contribution in [0.4, 0.5) is 0 Å². The quantitative estimate of drug-likeness (QED) is 0.748. The smallest absolute Gasteiger partial charge is 0.245 e. The van der Waals surface area contributed by atoms with Gasteiger partial charge in [-0.25, -0.2) is 0 Å². The average Bonchev–Trinajstić information content (AvgIpc) is 2.20. The monoisotopic (exact) mass is 288 g/mol. The number of nitrogens with zero attached hydrogens (tertiary/aromatic N) is 2. The predicted molar refractivity (Wildman–Crippen MR) is 58.1 cm³/mol. The molecule has 2 rings (SSSR count). The van der Waals surface area contributed by atoms with Crippen LogP contribution in [0.25, 0.3) is 5.82 Å². The summed E-state index contributed by atoms with van der Waals surface area (Å²) in [7, 11) is 0. The van der Waals surface area contributed by atoms with E-state index in [1.54, 1.807) is 24.5 Å². The topological polar surface area (TPSA) is 34.9 Å². The largest absolute Gasteiger partial charge is 0.367 e. The first-order valence-electron chi connectivity index (χ1n) is 4.71. The Bertz CT molecular complexity index is 531. The first kappa shape index (κ1) is 13.3. The fourth-order valence-corrected chi connectivity index (χ4v) is 1.31. The van der Waals surface area contributed by atoms with Crippen molar-refractivity contribution in [2.45, 2.75) is 13.8 Å². The minimum Gasteiger partial charge on any atom is -0.367 e. The zero-order valence-corrected chi connectivity index (χ0v) is 12.1. The maximum atomic E-state index is 11.6. The van der Waals surface area contributed by atoms with E-state index >= 15 is 0 Å². The van der Waals surface area contributed by atoms with Gasteiger partial charge in [-0.15, -0.1) is 11.6 Å². The van der Waals surface area contributed by atoms with Gasteiger partial charge in [0.25, 0.3) is 0 Å². The predicted octanol–water partition coefficient (Wildman–Crippen LogP) is 1.65. The van der Waals surface area contributed by atoms with Crippen LogP contribution in [-0.4, -0.2) is 9.55 Å². The number of hydrogen-bond donors (Lipinski definition) is 0. The number of aromatic nitrogens is 2. The van der Waals surface area contributed by atoms with E-state index in [0.717, 1.165) is 11.1 Å². The summed E-state index contributed by atoms with van der Waals surface area (Å²) in [5, 5.41) is 0. The van der Waals surface area contributed by atoms with Gasteiger partial charge in [-0.2, -0.15) is 6.07 Å². The molecule has 0 N–H and O–H groups in total. The zero-order chi connectivity index (χ0) is 10.8. The SMILES string of the molecule is Cc1[c-]cc(-n2ccc(C)cc2=O)nc1.[Y]. The van der Waals surface area contributed by atoms with Crippen molar-refractivity contribution in [1.29, 1.82) is 0 Å². The van der Waals surface area contributed by atoms with Crippen LogP contribution in [0.3, 0.4) is 0 Å². The molecule has 79 valence electrons. The summed E-state index contributed by atoms with van der Waals surface area (Å²) in [6, 6.07) is 8.20. The van der Waals surface area contributed by atoms with Crippen molar-refractivity contribution in [3.63, 3.8) is 0 Å². The third kappa shape index (κ3) is 2.86. The van der Waals surface area contributed by atoms with E-state index in [1.807, 2.05) is 19.9 Å². The van der Waals surface area contributed by atoms with Gasteiger partial charge in [0, 0.05) is 50.8 Å². The Morgan fingerprint density at radius 2 is 2.12 bits per heavy atom. The van der Waals surface area contributed by atoms with Crippen molar-refractivity contribution in [1.82, 2.24) is 9.55 Å². The average molecular weight is 288 g/mol. The van der Waals surface area contributed by atoms with E-state index in [-0.39, 0.29) is 38.3 Å². The molecule has 0 spiro atoms. The fourth-order valence-electron chi connectivity index (χ4n) is 1.31. The van der Waals surface area contributed by atoms with E-state index in [4.69, 9.17) is 0 Å². The Kier molecular flexibility index (Phi) is 4.57. The van der Waals surface area contributed by atoms with Crippen molar-refractivity contribution in [2.75, 3.05) is 0 Å². The van der Waals surface area contributed by atoms with Crippen LogP contribution in [0.5, 0.6) is 0 Å². The third-order valence-corrected chi connectivity index (χ3v) is 2.14. The maximum Gasteiger partial charge on any atom is 0.245 e. The Morgan fingerprint density at radius 1 is 1.38 bits per heavy atom. The molecule has 2 heterocycles. The number of aryl methyl sites for hydroxylation is 2. The van der Waals surface area contributed by atoms with E-state index in [1.165, 1.54) is 4.57 Å². The summed E-state index contributed by atoms with van der Waals surface area (Å²) < 4.78 is 1.50. The molecule has 0 aliphatic rings. The normalized spacial score (nSPS) is 9.62. The molecular formula is C12H11N2OY-. The van der Waals surface area contributed by atoms with Crippen LogP contribution in [0.15, 0.2) is 35.4 Å². The fraction of sp³-hybridized carbons (Fsp3) is 0.167. The molecule has 1 radical (unpaired) electrons. The van der Waals surface area contributed by atoms with E-state index in [9.17, 15) is 4.79 Å². The number of hydrogen-bond acceptors (Lipinski definition) is 2. The minimum atomic E-state index is -0.0697. The first-order chi connectivity index (χ1) is 7.16. The zero-order valence-electron chi connectivity index (χ0n) is 9.27. The molecule has 4 heteroatoms. The van der Waals surface area contributed by atoms with Crippen LogP contribution < -0.4 is 5.56 Å². The Hall–Kier alpha value is -0.796. The molecule has 0 aromatic carbocycles. The molecule has 0 amide bonds. The van der Waals surface area contributed by atoms with Crippen LogP contribution >= 0.6 is 0 Å². The second-order valence-electron chi connectivity index (χ2n) is 3.50. The molecule has 0 unspecified atom stereocenters. The van der Waals surface area contributed by atoms with E-state index < -0.39 is 0 Å². The van der Waals surface area contributed by atoms with Crippen LogP contribution in [-0.2, 0) is 32.7 Å². The molecule has 0 aliphatic carbocycles. The second kappa shape index (κ2) is 5.51. The van der Waals surface area contributed by atoms with Gasteiger partial charge in [0.15, 0.2) is 0 Å². The molecule has 0 aliphatic heterocycles. The second-order valence-corrected chi connectivity index (χ2v) is 3.50. The van der Waals surface area contributed by atoms with Crippen molar-refractivity contribution in [3.05, 3.63) is 58.1 Å². The minimum absolute atomic E-state index is 0. The van der Waals surface area contributed by atoms with E-state index in [2.05, 4.69) is 11.1 Å². The molecular weight excluding hydrogens is 277 g/mol. The van der Waals surface area contributed by atoms with Gasteiger partial charge in [-0.1, -0.05) is 13.1 Å². The van der Waals surface area contributed by atoms with E-state index in [0.29, 0.717) is 5.82 Å². The van der Waals surface area contributed by atoms with Crippen molar-refractivity contribution in [2.24, 2.45) is 0 Å². The van der Waals surface area contributed by atoms with Gasteiger partial charge in [0.2, 0.25) is 5.56 Å². The van der Waals surface area contributed by atoms with Gasteiger partial charge < -0.3 is 9.55 Å². The molecule has 0 saturated heterocycles. The molecule has 0 bridgehead atoms. The van der Waals surface area contributed by atoms with Crippen LogP contribution in [0.2, 0.25) is 0 Å². The Morgan fingerprint density at radius 3 is 2.69 bits per heavy atom. The van der Waals surface area contributed by atoms with Gasteiger partial charge in [-0.3, -0.25) is 4.79 Å². The van der Waals surface area contributed by atoms with Gasteiger partial charge in [0.05, 0.1) is 0 Å². The molecule has 2 aromatic rings. The number of rotatable bonds is 1. The molecule has 16 heavy (non-hydrogen) atoms. The van der Waals surface area contributed by atoms with Crippen LogP contribution in [0.1, 0.15) is 11.1 Å². The molecule has 3 nitrogen and oxygen atoms in total. The summed E-state index contributed by atoms with van der Waals surface area (Å²) in [6.45, 7) is 3.80. The van der Waals surface area contributed by atoms with Crippen molar-refractivity contribution >= 4 is 0 Å². The summed E-state index contributed by atoms with van der Waals surface area (Å²) >= 11 is 0. The maximum absolute atomic E-state index is 11.6. The van der Waals surface area contributed by atoms with Gasteiger partial charge in [-0.05, 0) is 18.6 Å². The van der Waals surface area contributed by atoms with Crippen molar-refractivity contribution in [3.8, 4) is 5.82 Å². The van der Waals surface area contributed by atoms with Gasteiger partial charge in [0.1, 0.15) is 0 Å². The summed E-state index contributed by atoms with van der Waals surface area (Å²) in [6.07, 6.45) is 3.42. The number of pyridine rings is 2. The summed E-state index contributed by atoms with van der Waals surface area (Å²) in [5.74, 6) is 0.602. The van der Waals surface area contributed by atoms with Crippen molar-refractivity contribution < 1.29 is 32.7 Å². The molecule has 0 atom stereocenters. The standard InChI is InChI=1S/C12H11N2O.Y/c1-9-5-6-14(12(15)7-9)11-4-3-10(2)8-13-11;/h4-8H,1-2H3;/q-1;. The Balaban J connectivity index is 0.00000128. The van der Waals surface area contributed by atoms with Gasteiger partial charge >= 0.3 is 0 Å². The third-order valence-electron chi connectivity index (χ3n) is 2.14. The first-order valence-corrected chi connectivity index (χ1v) is 4.71. The Labute approximate surface area is 119 Å². The summed E-state index contributed by atoms with van der Waals surface area (Å²) in [4.78, 5) is 15.8. The molecule has 2 aromatic heterocycles. The molecule has 0 saturated carbocycles.